The van der Waals surface area contributed by atoms with Crippen molar-refractivity contribution in [3.63, 3.8) is 0 Å². The number of anilines is 1. The van der Waals surface area contributed by atoms with Crippen LogP contribution in [0.5, 0.6) is 5.75 Å². The summed E-state index contributed by atoms with van der Waals surface area (Å²) in [5, 5.41) is 4.41. The van der Waals surface area contributed by atoms with Crippen molar-refractivity contribution in [1.29, 1.82) is 0 Å². The van der Waals surface area contributed by atoms with Crippen molar-refractivity contribution in [2.24, 2.45) is 0 Å². The van der Waals surface area contributed by atoms with Crippen molar-refractivity contribution in [3.8, 4) is 5.75 Å². The van der Waals surface area contributed by atoms with Crippen LogP contribution in [-0.4, -0.2) is 9.78 Å². The Kier molecular flexibility index (Phi) is 3.32. The average molecular weight is 231 g/mol. The fourth-order valence-corrected chi connectivity index (χ4v) is 1.50. The highest BCUT2D eigenvalue weighted by Gasteiger charge is 2.02. The topological polar surface area (TPSA) is 53.1 Å². The monoisotopic (exact) mass is 231 g/mol. The van der Waals surface area contributed by atoms with Crippen LogP contribution in [0, 0.1) is 0 Å². The molecule has 2 N–H and O–H groups in total. The number of aromatic nitrogens is 2. The molecule has 0 radical (unpaired) electrons. The van der Waals surface area contributed by atoms with E-state index in [0.717, 1.165) is 11.4 Å². The van der Waals surface area contributed by atoms with Gasteiger partial charge in [-0.05, 0) is 32.0 Å². The predicted octanol–water partition coefficient (Wildman–Crippen LogP) is 2.63. The van der Waals surface area contributed by atoms with E-state index in [4.69, 9.17) is 10.5 Å². The Morgan fingerprint density at radius 3 is 2.82 bits per heavy atom. The lowest BCUT2D eigenvalue weighted by molar-refractivity contribution is 0.299. The van der Waals surface area contributed by atoms with Crippen LogP contribution in [0.1, 0.15) is 25.6 Å². The van der Waals surface area contributed by atoms with Gasteiger partial charge < -0.3 is 10.5 Å². The molecule has 0 aliphatic carbocycles. The second-order valence-electron chi connectivity index (χ2n) is 4.24. The maximum atomic E-state index is 5.67. The Balaban J connectivity index is 1.97. The molecule has 0 atom stereocenters. The van der Waals surface area contributed by atoms with Crippen LogP contribution in [0.15, 0.2) is 36.5 Å². The number of nitrogens with two attached hydrogens (primary N) is 1. The van der Waals surface area contributed by atoms with E-state index in [9.17, 15) is 0 Å². The van der Waals surface area contributed by atoms with Gasteiger partial charge in [-0.3, -0.25) is 4.68 Å². The lowest BCUT2D eigenvalue weighted by Gasteiger charge is -2.06. The average Bonchev–Trinajstić information content (AvgIpc) is 2.75. The van der Waals surface area contributed by atoms with E-state index >= 15 is 0 Å². The quantitative estimate of drug-likeness (QED) is 0.823. The fraction of sp³-hybridized carbons (Fsp3) is 0.308. The van der Waals surface area contributed by atoms with Gasteiger partial charge in [0.15, 0.2) is 0 Å². The molecule has 1 aromatic heterocycles. The summed E-state index contributed by atoms with van der Waals surface area (Å²) in [6.45, 7) is 4.65. The maximum absolute atomic E-state index is 5.67. The first-order chi connectivity index (χ1) is 8.15. The van der Waals surface area contributed by atoms with E-state index < -0.39 is 0 Å². The van der Waals surface area contributed by atoms with Crippen LogP contribution < -0.4 is 10.5 Å². The Morgan fingerprint density at radius 2 is 2.18 bits per heavy atom. The molecule has 17 heavy (non-hydrogen) atoms. The molecule has 1 heterocycles. The Hall–Kier alpha value is -1.97. The molecule has 0 fully saturated rings. The van der Waals surface area contributed by atoms with Crippen molar-refractivity contribution in [2.45, 2.75) is 26.5 Å². The fourth-order valence-electron chi connectivity index (χ4n) is 1.50. The standard InChI is InChI=1S/C13H17N3O/c1-10(2)16-7-6-12(15-16)9-17-13-5-3-4-11(14)8-13/h3-8,10H,9,14H2,1-2H3. The van der Waals surface area contributed by atoms with Crippen molar-refractivity contribution < 1.29 is 4.74 Å². The van der Waals surface area contributed by atoms with Gasteiger partial charge in [0.2, 0.25) is 0 Å². The number of rotatable bonds is 4. The van der Waals surface area contributed by atoms with E-state index in [1.165, 1.54) is 0 Å². The Bertz CT molecular complexity index is 491. The van der Waals surface area contributed by atoms with Crippen molar-refractivity contribution in [3.05, 3.63) is 42.2 Å². The lowest BCUT2D eigenvalue weighted by atomic mass is 10.3. The highest BCUT2D eigenvalue weighted by atomic mass is 16.5. The van der Waals surface area contributed by atoms with Gasteiger partial charge in [0.1, 0.15) is 12.4 Å². The molecule has 4 heteroatoms. The molecule has 0 bridgehead atoms. The van der Waals surface area contributed by atoms with E-state index in [1.807, 2.05) is 35.1 Å². The summed E-state index contributed by atoms with van der Waals surface area (Å²) in [5.41, 5.74) is 7.29. The third-order valence-electron chi connectivity index (χ3n) is 2.44. The molecule has 90 valence electrons. The van der Waals surface area contributed by atoms with Gasteiger partial charge >= 0.3 is 0 Å². The number of ether oxygens (including phenoxy) is 1. The van der Waals surface area contributed by atoms with Crippen LogP contribution in [0.4, 0.5) is 5.69 Å². The van der Waals surface area contributed by atoms with E-state index in [0.29, 0.717) is 18.3 Å². The highest BCUT2D eigenvalue weighted by molar-refractivity contribution is 5.43. The van der Waals surface area contributed by atoms with Crippen LogP contribution >= 0.6 is 0 Å². The summed E-state index contributed by atoms with van der Waals surface area (Å²) in [7, 11) is 0. The maximum Gasteiger partial charge on any atom is 0.132 e. The van der Waals surface area contributed by atoms with Crippen LogP contribution in [0.2, 0.25) is 0 Å². The van der Waals surface area contributed by atoms with Gasteiger partial charge in [0.05, 0.1) is 5.69 Å². The molecular weight excluding hydrogens is 214 g/mol. The van der Waals surface area contributed by atoms with Crippen LogP contribution in [0.3, 0.4) is 0 Å². The number of hydrogen-bond acceptors (Lipinski definition) is 3. The van der Waals surface area contributed by atoms with Crippen molar-refractivity contribution in [1.82, 2.24) is 9.78 Å². The number of nitrogen functional groups attached to an aromatic ring is 1. The minimum atomic E-state index is 0.371. The number of benzene rings is 1. The van der Waals surface area contributed by atoms with Gasteiger partial charge in [-0.15, -0.1) is 0 Å². The zero-order chi connectivity index (χ0) is 12.3. The molecule has 0 saturated carbocycles. The second-order valence-corrected chi connectivity index (χ2v) is 4.24. The van der Waals surface area contributed by atoms with Crippen LogP contribution in [-0.2, 0) is 6.61 Å². The van der Waals surface area contributed by atoms with Crippen molar-refractivity contribution in [2.75, 3.05) is 5.73 Å². The molecule has 0 amide bonds. The summed E-state index contributed by atoms with van der Waals surface area (Å²) in [5.74, 6) is 0.768. The molecule has 4 nitrogen and oxygen atoms in total. The van der Waals surface area contributed by atoms with E-state index in [1.54, 1.807) is 6.07 Å². The van der Waals surface area contributed by atoms with Gasteiger partial charge in [0.25, 0.3) is 0 Å². The zero-order valence-electron chi connectivity index (χ0n) is 10.1. The summed E-state index contributed by atoms with van der Waals surface area (Å²) in [4.78, 5) is 0. The van der Waals surface area contributed by atoms with E-state index in [2.05, 4.69) is 18.9 Å². The smallest absolute Gasteiger partial charge is 0.132 e. The second kappa shape index (κ2) is 4.91. The minimum absolute atomic E-state index is 0.371. The van der Waals surface area contributed by atoms with Gasteiger partial charge in [-0.2, -0.15) is 5.10 Å². The normalized spacial score (nSPS) is 10.8. The third kappa shape index (κ3) is 3.00. The SMILES string of the molecule is CC(C)n1ccc(COc2cccc(N)c2)n1. The van der Waals surface area contributed by atoms with Gasteiger partial charge in [-0.25, -0.2) is 0 Å². The molecule has 0 aliphatic heterocycles. The number of hydrogen-bond donors (Lipinski definition) is 1. The molecule has 2 rings (SSSR count). The summed E-state index contributed by atoms with van der Waals surface area (Å²) in [6, 6.07) is 9.73. The molecule has 0 aliphatic rings. The van der Waals surface area contributed by atoms with Crippen LogP contribution in [0.25, 0.3) is 0 Å². The summed E-state index contributed by atoms with van der Waals surface area (Å²) >= 11 is 0. The first kappa shape index (κ1) is 11.5. The van der Waals surface area contributed by atoms with Gasteiger partial charge in [-0.1, -0.05) is 6.07 Å². The number of nitrogens with zero attached hydrogens (tertiary/aromatic N) is 2. The lowest BCUT2D eigenvalue weighted by Crippen LogP contribution is -2.03. The molecule has 2 aromatic rings. The third-order valence-corrected chi connectivity index (χ3v) is 2.44. The molecular formula is C13H17N3O. The zero-order valence-corrected chi connectivity index (χ0v) is 10.1. The molecule has 0 spiro atoms. The predicted molar refractivity (Wildman–Crippen MR) is 67.8 cm³/mol. The minimum Gasteiger partial charge on any atom is -0.487 e. The molecule has 0 unspecified atom stereocenters. The highest BCUT2D eigenvalue weighted by Crippen LogP contribution is 2.16. The summed E-state index contributed by atoms with van der Waals surface area (Å²) < 4.78 is 7.52. The molecule has 1 aromatic carbocycles. The molecule has 0 saturated heterocycles. The first-order valence-corrected chi connectivity index (χ1v) is 5.67. The van der Waals surface area contributed by atoms with E-state index in [-0.39, 0.29) is 0 Å². The summed E-state index contributed by atoms with van der Waals surface area (Å²) in [6.07, 6.45) is 1.96. The Morgan fingerprint density at radius 1 is 1.35 bits per heavy atom. The largest absolute Gasteiger partial charge is 0.487 e. The van der Waals surface area contributed by atoms with Crippen molar-refractivity contribution >= 4 is 5.69 Å². The van der Waals surface area contributed by atoms with Gasteiger partial charge in [0, 0.05) is 24.0 Å². The first-order valence-electron chi connectivity index (χ1n) is 5.67. The Labute approximate surface area is 101 Å².